The van der Waals surface area contributed by atoms with E-state index < -0.39 is 23.1 Å². The van der Waals surface area contributed by atoms with Crippen molar-refractivity contribution in [3.8, 4) is 0 Å². The minimum absolute atomic E-state index is 0.0627. The molecule has 0 rings (SSSR count). The third-order valence-corrected chi connectivity index (χ3v) is 1.84. The number of carbonyl (C=O) groups excluding carboxylic acids is 2. The molecule has 1 atom stereocenters. The Morgan fingerprint density at radius 1 is 1.47 bits per heavy atom. The minimum Gasteiger partial charge on any atom is -0.457 e. The van der Waals surface area contributed by atoms with Gasteiger partial charge in [0.1, 0.15) is 0 Å². The Balaban J connectivity index is 4.69. The number of nitrogens with one attached hydrogen (secondary N) is 1. The van der Waals surface area contributed by atoms with Crippen LogP contribution >= 0.6 is 0 Å². The van der Waals surface area contributed by atoms with Crippen LogP contribution < -0.4 is 0 Å². The highest BCUT2D eigenvalue weighted by Crippen LogP contribution is 2.10. The summed E-state index contributed by atoms with van der Waals surface area (Å²) in [5.41, 5.74) is 4.73. The van der Waals surface area contributed by atoms with Crippen LogP contribution in [0.15, 0.2) is 0 Å². The summed E-state index contributed by atoms with van der Waals surface area (Å²) in [4.78, 5) is 25.7. The largest absolute Gasteiger partial charge is 0.490 e. The van der Waals surface area contributed by atoms with Crippen LogP contribution in [0.4, 0.5) is 0 Å². The van der Waals surface area contributed by atoms with E-state index in [0.29, 0.717) is 0 Å². The summed E-state index contributed by atoms with van der Waals surface area (Å²) < 4.78 is 9.29. The second-order valence-electron chi connectivity index (χ2n) is 3.71. The molecule has 0 radical (unpaired) electrons. The average molecular weight is 245 g/mol. The van der Waals surface area contributed by atoms with Crippen LogP contribution in [0.1, 0.15) is 20.3 Å². The van der Waals surface area contributed by atoms with Gasteiger partial charge in [0.25, 0.3) is 5.78 Å². The molecule has 0 saturated carbocycles. The molecule has 0 aliphatic carbocycles. The van der Waals surface area contributed by atoms with Crippen LogP contribution in [0.5, 0.6) is 0 Å². The first-order valence-electron chi connectivity index (χ1n) is 5.04. The van der Waals surface area contributed by atoms with Crippen LogP contribution in [0.25, 0.3) is 0 Å². The molecule has 0 fully saturated rings. The lowest BCUT2D eigenvalue weighted by Crippen LogP contribution is -2.38. The van der Waals surface area contributed by atoms with Crippen molar-refractivity contribution in [2.75, 3.05) is 20.3 Å². The highest BCUT2D eigenvalue weighted by Gasteiger charge is 2.38. The number of methoxy groups -OCH3 is 1. The van der Waals surface area contributed by atoms with E-state index in [1.807, 2.05) is 0 Å². The van der Waals surface area contributed by atoms with Gasteiger partial charge in [-0.15, -0.1) is 0 Å². The standard InChI is InChI=1S/C10H17N2O5/c1-4-17-9(14)8(12-11)7(13)5-10(2,15)6-16-3/h11,15H,4-6H2,1-3H3/q+1. The molecule has 0 heterocycles. The van der Waals surface area contributed by atoms with E-state index in [1.54, 1.807) is 6.92 Å². The Kier molecular flexibility index (Phi) is 6.27. The Hall–Kier alpha value is -1.56. The lowest BCUT2D eigenvalue weighted by molar-refractivity contribution is -0.157. The molecule has 7 heteroatoms. The molecule has 0 bridgehead atoms. The molecule has 0 aromatic rings. The summed E-state index contributed by atoms with van der Waals surface area (Å²) in [5, 5.41) is 9.73. The van der Waals surface area contributed by atoms with Crippen molar-refractivity contribution in [3.63, 3.8) is 0 Å². The number of carbonyl (C=O) groups is 2. The van der Waals surface area contributed by atoms with Gasteiger partial charge in [-0.1, -0.05) is 0 Å². The molecule has 0 aromatic heterocycles. The zero-order valence-electron chi connectivity index (χ0n) is 10.1. The summed E-state index contributed by atoms with van der Waals surface area (Å²) in [5.74, 6) is -1.71. The molecule has 7 nitrogen and oxygen atoms in total. The molecule has 0 saturated heterocycles. The number of ether oxygens (including phenoxy) is 2. The molecule has 96 valence electrons. The van der Waals surface area contributed by atoms with Gasteiger partial charge in [-0.25, -0.2) is 4.79 Å². The Bertz CT molecular complexity index is 345. The van der Waals surface area contributed by atoms with Gasteiger partial charge in [0.15, 0.2) is 0 Å². The summed E-state index contributed by atoms with van der Waals surface area (Å²) in [6.45, 7) is 2.98. The van der Waals surface area contributed by atoms with Gasteiger partial charge in [0.2, 0.25) is 0 Å². The highest BCUT2D eigenvalue weighted by molar-refractivity contribution is 6.62. The molecular formula is C10H17N2O5+. The minimum atomic E-state index is -1.41. The van der Waals surface area contributed by atoms with Crippen molar-refractivity contribution >= 4 is 17.5 Å². The molecule has 0 aliphatic rings. The maximum atomic E-state index is 11.6. The summed E-state index contributed by atoms with van der Waals surface area (Å²) >= 11 is 0. The van der Waals surface area contributed by atoms with Crippen molar-refractivity contribution in [1.82, 2.24) is 0 Å². The smallest absolute Gasteiger partial charge is 0.457 e. The number of ketones is 1. The maximum absolute atomic E-state index is 11.6. The molecule has 0 amide bonds. The van der Waals surface area contributed by atoms with Gasteiger partial charge < -0.3 is 14.6 Å². The van der Waals surface area contributed by atoms with E-state index in [4.69, 9.17) is 10.3 Å². The Labute approximate surface area is 99.0 Å². The lowest BCUT2D eigenvalue weighted by Gasteiger charge is -2.19. The number of esters is 1. The number of nitrogens with zero attached hydrogens (tertiary/aromatic N) is 1. The average Bonchev–Trinajstić information content (AvgIpc) is 2.17. The quantitative estimate of drug-likeness (QED) is 0.208. The number of hydrogen-bond donors (Lipinski definition) is 2. The van der Waals surface area contributed by atoms with E-state index in [-0.39, 0.29) is 19.6 Å². The summed E-state index contributed by atoms with van der Waals surface area (Å²) in [6, 6.07) is 0. The Morgan fingerprint density at radius 2 is 2.06 bits per heavy atom. The van der Waals surface area contributed by atoms with Crippen molar-refractivity contribution < 1.29 is 29.0 Å². The first-order valence-corrected chi connectivity index (χ1v) is 5.04. The molecule has 17 heavy (non-hydrogen) atoms. The van der Waals surface area contributed by atoms with Crippen molar-refractivity contribution in [2.45, 2.75) is 25.9 Å². The predicted octanol–water partition coefficient (Wildman–Crippen LogP) is -0.414. The zero-order chi connectivity index (χ0) is 13.5. The van der Waals surface area contributed by atoms with Crippen molar-refractivity contribution in [2.24, 2.45) is 0 Å². The van der Waals surface area contributed by atoms with Gasteiger partial charge >= 0.3 is 11.7 Å². The van der Waals surface area contributed by atoms with Crippen LogP contribution in [0.2, 0.25) is 0 Å². The number of hydrogen-bond acceptors (Lipinski definition) is 6. The first kappa shape index (κ1) is 15.4. The van der Waals surface area contributed by atoms with Gasteiger partial charge in [0, 0.05) is 13.5 Å². The molecule has 0 spiro atoms. The van der Waals surface area contributed by atoms with Gasteiger partial charge in [0.05, 0.1) is 29.1 Å². The highest BCUT2D eigenvalue weighted by atomic mass is 16.5. The number of aliphatic hydroxyl groups is 1. The third-order valence-electron chi connectivity index (χ3n) is 1.84. The van der Waals surface area contributed by atoms with Crippen LogP contribution in [0, 0.1) is 5.53 Å². The van der Waals surface area contributed by atoms with Crippen LogP contribution in [0.3, 0.4) is 0 Å². The zero-order valence-corrected chi connectivity index (χ0v) is 10.1. The molecular weight excluding hydrogens is 228 g/mol. The molecule has 1 unspecified atom stereocenters. The van der Waals surface area contributed by atoms with E-state index >= 15 is 0 Å². The SMILES string of the molecule is CCOC(=O)C(=[N+]=N)C(=O)CC(C)(O)COC. The van der Waals surface area contributed by atoms with E-state index in [1.165, 1.54) is 14.0 Å². The topological polar surface area (TPSA) is 111 Å². The second-order valence-corrected chi connectivity index (χ2v) is 3.71. The van der Waals surface area contributed by atoms with E-state index in [9.17, 15) is 14.7 Å². The van der Waals surface area contributed by atoms with Gasteiger partial charge in [-0.2, -0.15) is 0 Å². The van der Waals surface area contributed by atoms with Crippen molar-refractivity contribution in [1.29, 1.82) is 5.53 Å². The summed E-state index contributed by atoms with van der Waals surface area (Å²) in [6.07, 6.45) is -0.364. The fourth-order valence-corrected chi connectivity index (χ4v) is 1.21. The fourth-order valence-electron chi connectivity index (χ4n) is 1.21. The van der Waals surface area contributed by atoms with E-state index in [2.05, 4.69) is 9.53 Å². The molecule has 2 N–H and O–H groups in total. The third kappa shape index (κ3) is 5.35. The normalized spacial score (nSPS) is 13.4. The number of rotatable bonds is 7. The Morgan fingerprint density at radius 3 is 2.47 bits per heavy atom. The van der Waals surface area contributed by atoms with Crippen LogP contribution in [-0.2, 0) is 19.1 Å². The van der Waals surface area contributed by atoms with Crippen molar-refractivity contribution in [3.05, 3.63) is 0 Å². The van der Waals surface area contributed by atoms with Gasteiger partial charge in [-0.3, -0.25) is 4.79 Å². The van der Waals surface area contributed by atoms with E-state index in [0.717, 1.165) is 0 Å². The fraction of sp³-hybridized carbons (Fsp3) is 0.700. The molecule has 0 aliphatic heterocycles. The van der Waals surface area contributed by atoms with Gasteiger partial charge in [-0.05, 0) is 13.8 Å². The first-order chi connectivity index (χ1) is 7.87. The molecule has 0 aromatic carbocycles. The van der Waals surface area contributed by atoms with Crippen LogP contribution in [-0.4, -0.2) is 53.3 Å². The predicted molar refractivity (Wildman–Crippen MR) is 56.7 cm³/mol. The summed E-state index contributed by atoms with van der Waals surface area (Å²) in [7, 11) is 1.38. The maximum Gasteiger partial charge on any atom is 0.490 e. The number of Topliss-reactive ketones (excluding diaryl/α,β-unsaturated/α-hetero) is 1. The second kappa shape index (κ2) is 6.90. The monoisotopic (exact) mass is 245 g/mol. The lowest BCUT2D eigenvalue weighted by atomic mass is 9.98.